The van der Waals surface area contributed by atoms with Crippen LogP contribution in [0.25, 0.3) is 0 Å². The van der Waals surface area contributed by atoms with Crippen molar-refractivity contribution in [1.82, 2.24) is 10.2 Å². The van der Waals surface area contributed by atoms with Gasteiger partial charge in [-0.1, -0.05) is 12.1 Å². The molecular weight excluding hydrogens is 320 g/mol. The number of para-hydroxylation sites is 1. The molecule has 1 aliphatic heterocycles. The van der Waals surface area contributed by atoms with E-state index in [1.807, 2.05) is 36.2 Å². The Bertz CT molecular complexity index is 461. The smallest absolute Gasteiger partial charge is 0.263 e. The second-order valence-corrected chi connectivity index (χ2v) is 5.98. The third kappa shape index (κ3) is 3.73. The van der Waals surface area contributed by atoms with Crippen molar-refractivity contribution in [2.75, 3.05) is 20.1 Å². The van der Waals surface area contributed by atoms with Gasteiger partial charge in [0, 0.05) is 13.1 Å². The average molecular weight is 341 g/mol. The number of rotatable bonds is 4. The number of halogens is 1. The van der Waals surface area contributed by atoms with Crippen LogP contribution in [0, 0.1) is 0 Å². The number of benzene rings is 1. The number of likely N-dealkylation sites (N-methyl/N-ethyl adjacent to an activating group) is 1. The Morgan fingerprint density at radius 3 is 2.70 bits per heavy atom. The SMILES string of the molecule is CC(Oc1ccccc1Br)C(=O)N(C)C1CCNCC1. The van der Waals surface area contributed by atoms with Crippen LogP contribution in [-0.4, -0.2) is 43.1 Å². The molecule has 0 aliphatic carbocycles. The highest BCUT2D eigenvalue weighted by Crippen LogP contribution is 2.25. The lowest BCUT2D eigenvalue weighted by molar-refractivity contribution is -0.139. The predicted octanol–water partition coefficient (Wildman–Crippen LogP) is 2.43. The summed E-state index contributed by atoms with van der Waals surface area (Å²) in [5.74, 6) is 0.736. The minimum Gasteiger partial charge on any atom is -0.480 e. The molecule has 1 unspecified atom stereocenters. The van der Waals surface area contributed by atoms with Crippen LogP contribution < -0.4 is 10.1 Å². The van der Waals surface area contributed by atoms with Crippen molar-refractivity contribution < 1.29 is 9.53 Å². The summed E-state index contributed by atoms with van der Waals surface area (Å²) in [6, 6.07) is 7.90. The highest BCUT2D eigenvalue weighted by Gasteiger charge is 2.26. The minimum absolute atomic E-state index is 0.0349. The lowest BCUT2D eigenvalue weighted by Gasteiger charge is -2.33. The Balaban J connectivity index is 1.96. The summed E-state index contributed by atoms with van der Waals surface area (Å²) in [6.45, 7) is 3.75. The number of piperidine rings is 1. The van der Waals surface area contributed by atoms with Crippen molar-refractivity contribution in [3.05, 3.63) is 28.7 Å². The number of amides is 1. The van der Waals surface area contributed by atoms with Crippen LogP contribution in [0.5, 0.6) is 5.75 Å². The number of carbonyl (C=O) groups is 1. The molecule has 1 aromatic carbocycles. The molecule has 1 N–H and O–H groups in total. The van der Waals surface area contributed by atoms with Gasteiger partial charge >= 0.3 is 0 Å². The third-order valence-corrected chi connectivity index (χ3v) is 4.35. The van der Waals surface area contributed by atoms with Crippen molar-refractivity contribution in [2.24, 2.45) is 0 Å². The molecule has 0 aromatic heterocycles. The van der Waals surface area contributed by atoms with Crippen LogP contribution in [-0.2, 0) is 4.79 Å². The summed E-state index contributed by atoms with van der Waals surface area (Å²) in [5, 5.41) is 3.31. The first-order chi connectivity index (χ1) is 9.59. The van der Waals surface area contributed by atoms with Crippen molar-refractivity contribution in [2.45, 2.75) is 31.9 Å². The molecule has 0 bridgehead atoms. The maximum absolute atomic E-state index is 12.4. The van der Waals surface area contributed by atoms with E-state index < -0.39 is 6.10 Å². The zero-order valence-corrected chi connectivity index (χ0v) is 13.5. The topological polar surface area (TPSA) is 41.6 Å². The summed E-state index contributed by atoms with van der Waals surface area (Å²) in [4.78, 5) is 14.3. The van der Waals surface area contributed by atoms with Gasteiger partial charge in [-0.25, -0.2) is 0 Å². The molecular formula is C15H21BrN2O2. The normalized spacial score (nSPS) is 17.6. The quantitative estimate of drug-likeness (QED) is 0.915. The van der Waals surface area contributed by atoms with Gasteiger partial charge in [0.25, 0.3) is 5.91 Å². The molecule has 1 saturated heterocycles. The summed E-state index contributed by atoms with van der Waals surface area (Å²) in [7, 11) is 1.87. The van der Waals surface area contributed by atoms with Gasteiger partial charge in [-0.2, -0.15) is 0 Å². The van der Waals surface area contributed by atoms with E-state index in [4.69, 9.17) is 4.74 Å². The van der Waals surface area contributed by atoms with E-state index in [1.54, 1.807) is 6.92 Å². The molecule has 5 heteroatoms. The number of nitrogens with one attached hydrogen (secondary N) is 1. The Morgan fingerprint density at radius 2 is 2.05 bits per heavy atom. The van der Waals surface area contributed by atoms with Crippen LogP contribution in [0.4, 0.5) is 0 Å². The molecule has 1 aromatic rings. The van der Waals surface area contributed by atoms with E-state index in [1.165, 1.54) is 0 Å². The number of hydrogen-bond acceptors (Lipinski definition) is 3. The average Bonchev–Trinajstić information content (AvgIpc) is 2.49. The standard InChI is InChI=1S/C15H21BrN2O2/c1-11(20-14-6-4-3-5-13(14)16)15(19)18(2)12-7-9-17-10-8-12/h3-6,11-12,17H,7-10H2,1-2H3. The third-order valence-electron chi connectivity index (χ3n) is 3.69. The van der Waals surface area contributed by atoms with Gasteiger partial charge in [0.05, 0.1) is 4.47 Å². The zero-order valence-electron chi connectivity index (χ0n) is 11.9. The number of ether oxygens (including phenoxy) is 1. The van der Waals surface area contributed by atoms with Crippen molar-refractivity contribution in [3.8, 4) is 5.75 Å². The molecule has 1 heterocycles. The van der Waals surface area contributed by atoms with Gasteiger partial charge < -0.3 is 15.0 Å². The van der Waals surface area contributed by atoms with Gasteiger partial charge in [0.2, 0.25) is 0 Å². The van der Waals surface area contributed by atoms with Gasteiger partial charge in [-0.15, -0.1) is 0 Å². The van der Waals surface area contributed by atoms with Gasteiger partial charge in [-0.3, -0.25) is 4.79 Å². The number of nitrogens with zero attached hydrogens (tertiary/aromatic N) is 1. The summed E-state index contributed by atoms with van der Waals surface area (Å²) < 4.78 is 6.63. The van der Waals surface area contributed by atoms with Gasteiger partial charge in [0.15, 0.2) is 6.10 Å². The molecule has 0 radical (unpaired) electrons. The Kier molecular flexibility index (Phi) is 5.43. The number of hydrogen-bond donors (Lipinski definition) is 1. The number of carbonyl (C=O) groups excluding carboxylic acids is 1. The Hall–Kier alpha value is -1.07. The summed E-state index contributed by atoms with van der Waals surface area (Å²) >= 11 is 3.43. The highest BCUT2D eigenvalue weighted by molar-refractivity contribution is 9.10. The molecule has 2 rings (SSSR count). The first kappa shape index (κ1) is 15.3. The predicted molar refractivity (Wildman–Crippen MR) is 82.9 cm³/mol. The maximum atomic E-state index is 12.4. The summed E-state index contributed by atoms with van der Waals surface area (Å²) in [5.41, 5.74) is 0. The maximum Gasteiger partial charge on any atom is 0.263 e. The minimum atomic E-state index is -0.478. The van der Waals surface area contributed by atoms with E-state index in [9.17, 15) is 4.79 Å². The van der Waals surface area contributed by atoms with Crippen molar-refractivity contribution in [3.63, 3.8) is 0 Å². The lowest BCUT2D eigenvalue weighted by Crippen LogP contribution is -2.48. The van der Waals surface area contributed by atoms with E-state index in [0.717, 1.165) is 30.4 Å². The van der Waals surface area contributed by atoms with Gasteiger partial charge in [-0.05, 0) is 60.9 Å². The van der Waals surface area contributed by atoms with E-state index in [-0.39, 0.29) is 5.91 Å². The molecule has 1 fully saturated rings. The largest absolute Gasteiger partial charge is 0.480 e. The monoisotopic (exact) mass is 340 g/mol. The Morgan fingerprint density at radius 1 is 1.40 bits per heavy atom. The van der Waals surface area contributed by atoms with Crippen molar-refractivity contribution in [1.29, 1.82) is 0 Å². The molecule has 1 amide bonds. The molecule has 1 aliphatic rings. The molecule has 1 atom stereocenters. The van der Waals surface area contributed by atoms with Crippen LogP contribution in [0.3, 0.4) is 0 Å². The van der Waals surface area contributed by atoms with E-state index in [2.05, 4.69) is 21.2 Å². The summed E-state index contributed by atoms with van der Waals surface area (Å²) in [6.07, 6.45) is 1.53. The fraction of sp³-hybridized carbons (Fsp3) is 0.533. The van der Waals surface area contributed by atoms with Crippen molar-refractivity contribution >= 4 is 21.8 Å². The van der Waals surface area contributed by atoms with Crippen LogP contribution in [0.1, 0.15) is 19.8 Å². The van der Waals surface area contributed by atoms with Gasteiger partial charge in [0.1, 0.15) is 5.75 Å². The highest BCUT2D eigenvalue weighted by atomic mass is 79.9. The molecule has 0 spiro atoms. The molecule has 4 nitrogen and oxygen atoms in total. The van der Waals surface area contributed by atoms with Crippen LogP contribution in [0.2, 0.25) is 0 Å². The fourth-order valence-corrected chi connectivity index (χ4v) is 2.82. The molecule has 20 heavy (non-hydrogen) atoms. The van der Waals surface area contributed by atoms with E-state index >= 15 is 0 Å². The lowest BCUT2D eigenvalue weighted by atomic mass is 10.0. The first-order valence-corrected chi connectivity index (χ1v) is 7.77. The Labute approximate surface area is 128 Å². The molecule has 0 saturated carbocycles. The second-order valence-electron chi connectivity index (χ2n) is 5.12. The zero-order chi connectivity index (χ0) is 14.5. The van der Waals surface area contributed by atoms with E-state index in [0.29, 0.717) is 11.8 Å². The second kappa shape index (κ2) is 7.09. The first-order valence-electron chi connectivity index (χ1n) is 6.98. The van der Waals surface area contributed by atoms with Crippen LogP contribution in [0.15, 0.2) is 28.7 Å². The van der Waals surface area contributed by atoms with Crippen LogP contribution >= 0.6 is 15.9 Å². The molecule has 110 valence electrons. The fourth-order valence-electron chi connectivity index (χ4n) is 2.44.